The van der Waals surface area contributed by atoms with Crippen LogP contribution >= 0.6 is 38.5 Å². The topological polar surface area (TPSA) is 20.2 Å². The predicted octanol–water partition coefficient (Wildman–Crippen LogP) is 5.29. The van der Waals surface area contributed by atoms with Crippen LogP contribution in [0.5, 0.6) is 0 Å². The Hall–Kier alpha value is -0.670. The van der Waals surface area contributed by atoms with Gasteiger partial charge in [0.1, 0.15) is 11.9 Å². The van der Waals surface area contributed by atoms with Crippen LogP contribution in [-0.4, -0.2) is 5.11 Å². The van der Waals surface area contributed by atoms with Crippen LogP contribution in [0.15, 0.2) is 40.9 Å². The number of aliphatic hydroxyl groups excluding tert-OH is 1. The Kier molecular flexibility index (Phi) is 4.94. The maximum Gasteiger partial charge on any atom is 0.419 e. The Morgan fingerprint density at radius 2 is 1.76 bits per heavy atom. The van der Waals surface area contributed by atoms with Gasteiger partial charge in [0, 0.05) is 8.04 Å². The summed E-state index contributed by atoms with van der Waals surface area (Å²) in [6, 6.07) is 7.58. The van der Waals surface area contributed by atoms with E-state index >= 15 is 0 Å². The molecule has 1 atom stereocenters. The Morgan fingerprint density at radius 3 is 2.38 bits per heavy atom. The van der Waals surface area contributed by atoms with Crippen molar-refractivity contribution in [3.05, 3.63) is 66.9 Å². The van der Waals surface area contributed by atoms with Gasteiger partial charge in [0.15, 0.2) is 0 Å². The van der Waals surface area contributed by atoms with Crippen LogP contribution in [0.4, 0.5) is 17.6 Å². The van der Waals surface area contributed by atoms with Gasteiger partial charge in [-0.25, -0.2) is 4.39 Å². The quantitative estimate of drug-likeness (QED) is 0.463. The van der Waals surface area contributed by atoms with Crippen molar-refractivity contribution in [3.8, 4) is 0 Å². The van der Waals surface area contributed by atoms with Crippen LogP contribution in [0.1, 0.15) is 22.8 Å². The lowest BCUT2D eigenvalue weighted by Gasteiger charge is -2.16. The maximum atomic E-state index is 13.3. The van der Waals surface area contributed by atoms with Crippen LogP contribution in [-0.2, 0) is 6.18 Å². The summed E-state index contributed by atoms with van der Waals surface area (Å²) in [5, 5.41) is 10.3. The fraction of sp³-hybridized carbons (Fsp3) is 0.143. The van der Waals surface area contributed by atoms with Gasteiger partial charge in [-0.2, -0.15) is 13.2 Å². The molecule has 7 heteroatoms. The lowest BCUT2D eigenvalue weighted by Crippen LogP contribution is -2.10. The first-order chi connectivity index (χ1) is 9.70. The van der Waals surface area contributed by atoms with Gasteiger partial charge in [-0.15, -0.1) is 0 Å². The van der Waals surface area contributed by atoms with Gasteiger partial charge in [0.05, 0.1) is 5.56 Å². The SMILES string of the molecule is OC(c1ccc(F)c(C(F)(F)F)c1)c1cc(Br)ccc1I. The molecular formula is C14H8BrF4IO. The fourth-order valence-electron chi connectivity index (χ4n) is 1.83. The third kappa shape index (κ3) is 3.75. The van der Waals surface area contributed by atoms with E-state index in [-0.39, 0.29) is 5.56 Å². The second kappa shape index (κ2) is 6.21. The highest BCUT2D eigenvalue weighted by molar-refractivity contribution is 14.1. The smallest absolute Gasteiger partial charge is 0.384 e. The van der Waals surface area contributed by atoms with E-state index in [1.807, 2.05) is 22.6 Å². The maximum absolute atomic E-state index is 13.3. The number of halogens is 6. The van der Waals surface area contributed by atoms with E-state index in [1.165, 1.54) is 0 Å². The number of rotatable bonds is 2. The van der Waals surface area contributed by atoms with Gasteiger partial charge in [0.2, 0.25) is 0 Å². The van der Waals surface area contributed by atoms with E-state index in [1.54, 1.807) is 18.2 Å². The van der Waals surface area contributed by atoms with Crippen molar-refractivity contribution in [2.45, 2.75) is 12.3 Å². The molecule has 2 aromatic rings. The number of hydrogen-bond donors (Lipinski definition) is 1. The van der Waals surface area contributed by atoms with Gasteiger partial charge < -0.3 is 5.11 Å². The molecule has 0 bridgehead atoms. The average molecular weight is 475 g/mol. The Bertz CT molecular complexity index is 673. The first kappa shape index (κ1) is 16.7. The Balaban J connectivity index is 2.49. The molecule has 0 radical (unpaired) electrons. The number of benzene rings is 2. The van der Waals surface area contributed by atoms with E-state index in [0.717, 1.165) is 6.07 Å². The van der Waals surface area contributed by atoms with Gasteiger partial charge in [-0.05, 0) is 64.0 Å². The zero-order valence-corrected chi connectivity index (χ0v) is 14.0. The van der Waals surface area contributed by atoms with E-state index in [4.69, 9.17) is 0 Å². The molecule has 0 aliphatic carbocycles. The first-order valence-electron chi connectivity index (χ1n) is 5.70. The normalized spacial score (nSPS) is 13.3. The largest absolute Gasteiger partial charge is 0.419 e. The van der Waals surface area contributed by atoms with Crippen LogP contribution in [0.25, 0.3) is 0 Å². The molecule has 112 valence electrons. The van der Waals surface area contributed by atoms with Crippen molar-refractivity contribution >= 4 is 38.5 Å². The van der Waals surface area contributed by atoms with Crippen molar-refractivity contribution in [3.63, 3.8) is 0 Å². The molecular weight excluding hydrogens is 467 g/mol. The van der Waals surface area contributed by atoms with Gasteiger partial charge in [0.25, 0.3) is 0 Å². The summed E-state index contributed by atoms with van der Waals surface area (Å²) < 4.78 is 52.8. The van der Waals surface area contributed by atoms with E-state index in [2.05, 4.69) is 15.9 Å². The minimum absolute atomic E-state index is 0.0141. The molecule has 0 aromatic heterocycles. The monoisotopic (exact) mass is 474 g/mol. The highest BCUT2D eigenvalue weighted by Gasteiger charge is 2.34. The number of alkyl halides is 3. The molecule has 0 aliphatic rings. The molecule has 0 aliphatic heterocycles. The standard InChI is InChI=1S/C14H8BrF4IO/c15-8-2-4-12(20)9(6-8)13(21)7-1-3-11(16)10(5-7)14(17,18)19/h1-6,13,21H. The minimum Gasteiger partial charge on any atom is -0.384 e. The van der Waals surface area contributed by atoms with Crippen molar-refractivity contribution in [1.82, 2.24) is 0 Å². The lowest BCUT2D eigenvalue weighted by molar-refractivity contribution is -0.140. The summed E-state index contributed by atoms with van der Waals surface area (Å²) in [4.78, 5) is 0. The minimum atomic E-state index is -4.80. The van der Waals surface area contributed by atoms with E-state index in [0.29, 0.717) is 25.7 Å². The number of aliphatic hydroxyl groups is 1. The zero-order valence-electron chi connectivity index (χ0n) is 10.3. The summed E-state index contributed by atoms with van der Waals surface area (Å²) in [7, 11) is 0. The van der Waals surface area contributed by atoms with Gasteiger partial charge in [-0.3, -0.25) is 0 Å². The van der Waals surface area contributed by atoms with Crippen molar-refractivity contribution in [2.75, 3.05) is 0 Å². The Morgan fingerprint density at radius 1 is 1.10 bits per heavy atom. The van der Waals surface area contributed by atoms with Crippen LogP contribution < -0.4 is 0 Å². The summed E-state index contributed by atoms with van der Waals surface area (Å²) >= 11 is 5.21. The molecule has 0 heterocycles. The summed E-state index contributed by atoms with van der Waals surface area (Å²) in [5.74, 6) is -1.36. The average Bonchev–Trinajstić information content (AvgIpc) is 2.40. The first-order valence-corrected chi connectivity index (χ1v) is 7.57. The summed E-state index contributed by atoms with van der Waals surface area (Å²) in [6.07, 6.45) is -6.07. The molecule has 0 amide bonds. The highest BCUT2D eigenvalue weighted by Crippen LogP contribution is 2.35. The molecule has 1 nitrogen and oxygen atoms in total. The molecule has 21 heavy (non-hydrogen) atoms. The van der Waals surface area contributed by atoms with Crippen LogP contribution in [0.3, 0.4) is 0 Å². The second-order valence-corrected chi connectivity index (χ2v) is 6.38. The molecule has 1 N–H and O–H groups in total. The van der Waals surface area contributed by atoms with E-state index in [9.17, 15) is 22.7 Å². The molecule has 2 rings (SSSR count). The van der Waals surface area contributed by atoms with Gasteiger partial charge in [-0.1, -0.05) is 22.0 Å². The third-order valence-electron chi connectivity index (χ3n) is 2.86. The third-order valence-corrected chi connectivity index (χ3v) is 4.34. The van der Waals surface area contributed by atoms with Crippen molar-refractivity contribution < 1.29 is 22.7 Å². The van der Waals surface area contributed by atoms with Crippen LogP contribution in [0.2, 0.25) is 0 Å². The molecule has 0 fully saturated rings. The van der Waals surface area contributed by atoms with Crippen LogP contribution in [0, 0.1) is 9.39 Å². The predicted molar refractivity (Wildman–Crippen MR) is 82.3 cm³/mol. The molecule has 0 spiro atoms. The highest BCUT2D eigenvalue weighted by atomic mass is 127. The Labute approximate surface area is 140 Å². The summed E-state index contributed by atoms with van der Waals surface area (Å²) in [6.45, 7) is 0. The zero-order chi connectivity index (χ0) is 15.8. The van der Waals surface area contributed by atoms with Crippen molar-refractivity contribution in [1.29, 1.82) is 0 Å². The fourth-order valence-corrected chi connectivity index (χ4v) is 2.84. The van der Waals surface area contributed by atoms with Gasteiger partial charge >= 0.3 is 6.18 Å². The number of hydrogen-bond acceptors (Lipinski definition) is 1. The molecule has 0 saturated carbocycles. The molecule has 2 aromatic carbocycles. The molecule has 0 saturated heterocycles. The summed E-state index contributed by atoms with van der Waals surface area (Å²) in [5.41, 5.74) is -0.950. The molecule has 1 unspecified atom stereocenters. The van der Waals surface area contributed by atoms with E-state index < -0.39 is 23.7 Å². The van der Waals surface area contributed by atoms with Crippen molar-refractivity contribution in [2.24, 2.45) is 0 Å². The second-order valence-electron chi connectivity index (χ2n) is 4.31. The lowest BCUT2D eigenvalue weighted by atomic mass is 9.99.